The average molecular weight is 349 g/mol. The Morgan fingerprint density at radius 1 is 1.12 bits per heavy atom. The van der Waals surface area contributed by atoms with Crippen molar-refractivity contribution in [1.82, 2.24) is 0 Å². The molecule has 3 rings (SSSR count). The fourth-order valence-electron chi connectivity index (χ4n) is 2.88. The van der Waals surface area contributed by atoms with Crippen LogP contribution < -0.4 is 5.32 Å². The molecule has 0 saturated heterocycles. The Kier molecular flexibility index (Phi) is 5.08. The van der Waals surface area contributed by atoms with Crippen molar-refractivity contribution in [3.8, 4) is 0 Å². The molecule has 0 fully saturated rings. The Morgan fingerprint density at radius 2 is 1.84 bits per heavy atom. The molecule has 1 atom stereocenters. The largest absolute Gasteiger partial charge is 0.416 e. The quantitative estimate of drug-likeness (QED) is 0.884. The van der Waals surface area contributed by atoms with Crippen molar-refractivity contribution in [2.75, 3.05) is 6.54 Å². The molecule has 0 aliphatic carbocycles. The Balaban J connectivity index is 1.47. The Morgan fingerprint density at radius 3 is 2.52 bits per heavy atom. The first-order chi connectivity index (χ1) is 11.9. The topological polar surface area (TPSA) is 38.2 Å². The van der Waals surface area contributed by atoms with Crippen molar-refractivity contribution < 1.29 is 23.3 Å². The first kappa shape index (κ1) is 17.5. The Labute approximate surface area is 144 Å². The molecule has 2 N–H and O–H groups in total. The second kappa shape index (κ2) is 7.27. The van der Waals surface area contributed by atoms with Gasteiger partial charge in [0.1, 0.15) is 13.1 Å². The minimum absolute atomic E-state index is 0.0101. The fraction of sp³-hybridized carbons (Fsp3) is 0.316. The number of alkyl halides is 3. The van der Waals surface area contributed by atoms with Crippen LogP contribution in [-0.4, -0.2) is 18.4 Å². The number of oxime groups is 1. The van der Waals surface area contributed by atoms with Gasteiger partial charge in [0.05, 0.1) is 11.3 Å². The van der Waals surface area contributed by atoms with Gasteiger partial charge in [-0.15, -0.1) is 0 Å². The molecule has 6 heteroatoms. The van der Waals surface area contributed by atoms with Gasteiger partial charge in [0.2, 0.25) is 0 Å². The van der Waals surface area contributed by atoms with Gasteiger partial charge in [-0.1, -0.05) is 41.6 Å². The number of nitrogens with two attached hydrogens (primary N) is 1. The number of hydrogen-bond donors (Lipinski definition) is 1. The molecule has 132 valence electrons. The lowest BCUT2D eigenvalue weighted by Gasteiger charge is -2.09. The molecule has 25 heavy (non-hydrogen) atoms. The molecule has 2 aromatic rings. The van der Waals surface area contributed by atoms with Gasteiger partial charge >= 0.3 is 6.18 Å². The molecule has 0 radical (unpaired) electrons. The van der Waals surface area contributed by atoms with Crippen molar-refractivity contribution in [3.63, 3.8) is 0 Å². The lowest BCUT2D eigenvalue weighted by atomic mass is 10.0. The summed E-state index contributed by atoms with van der Waals surface area (Å²) in [5.41, 5.74) is 3.45. The third-order valence-corrected chi connectivity index (χ3v) is 4.28. The number of nitrogens with zero attached hydrogens (tertiary/aromatic N) is 1. The summed E-state index contributed by atoms with van der Waals surface area (Å²) in [6.45, 7) is 3.36. The summed E-state index contributed by atoms with van der Waals surface area (Å²) in [6, 6.07) is 13.3. The third kappa shape index (κ3) is 4.39. The molecular weight excluding hydrogens is 329 g/mol. The summed E-state index contributed by atoms with van der Waals surface area (Å²) in [7, 11) is 0. The van der Waals surface area contributed by atoms with E-state index in [0.717, 1.165) is 35.4 Å². The van der Waals surface area contributed by atoms with E-state index in [1.165, 1.54) is 17.7 Å². The van der Waals surface area contributed by atoms with E-state index >= 15 is 0 Å². The summed E-state index contributed by atoms with van der Waals surface area (Å²) in [6.07, 6.45) is -3.55. The highest BCUT2D eigenvalue weighted by Gasteiger charge is 2.30. The highest BCUT2D eigenvalue weighted by Crippen LogP contribution is 2.28. The highest BCUT2D eigenvalue weighted by atomic mass is 19.4. The third-order valence-electron chi connectivity index (χ3n) is 4.28. The molecule has 0 amide bonds. The maximum Gasteiger partial charge on any atom is 0.416 e. The monoisotopic (exact) mass is 349 g/mol. The minimum Gasteiger partial charge on any atom is -0.386 e. The molecule has 1 aliphatic heterocycles. The van der Waals surface area contributed by atoms with Crippen LogP contribution in [0.2, 0.25) is 0 Å². The number of halogens is 3. The van der Waals surface area contributed by atoms with E-state index in [1.54, 1.807) is 0 Å². The minimum atomic E-state index is -4.29. The van der Waals surface area contributed by atoms with Crippen LogP contribution in [0.25, 0.3) is 0 Å². The molecule has 0 spiro atoms. The summed E-state index contributed by atoms with van der Waals surface area (Å²) < 4.78 is 37.6. The van der Waals surface area contributed by atoms with E-state index in [1.807, 2.05) is 36.5 Å². The van der Waals surface area contributed by atoms with Gasteiger partial charge in [0.15, 0.2) is 6.10 Å². The summed E-state index contributed by atoms with van der Waals surface area (Å²) in [5, 5.41) is 6.22. The van der Waals surface area contributed by atoms with Crippen molar-refractivity contribution in [1.29, 1.82) is 0 Å². The highest BCUT2D eigenvalue weighted by molar-refractivity contribution is 6.02. The van der Waals surface area contributed by atoms with Crippen LogP contribution in [0.4, 0.5) is 13.2 Å². The molecule has 0 unspecified atom stereocenters. The lowest BCUT2D eigenvalue weighted by Crippen LogP contribution is -2.84. The number of hydrogen-bond acceptors (Lipinski definition) is 2. The first-order valence-corrected chi connectivity index (χ1v) is 8.20. The Hall–Kier alpha value is -2.34. The second-order valence-corrected chi connectivity index (χ2v) is 6.21. The molecule has 0 bridgehead atoms. The number of benzene rings is 2. The molecular formula is C19H20F3N2O+. The normalized spacial score (nSPS) is 17.3. The van der Waals surface area contributed by atoms with Crippen LogP contribution in [0.1, 0.15) is 28.7 Å². The summed E-state index contributed by atoms with van der Waals surface area (Å²) >= 11 is 0. The maximum atomic E-state index is 12.5. The number of aryl methyl sites for hydroxylation is 1. The molecule has 3 nitrogen and oxygen atoms in total. The van der Waals surface area contributed by atoms with Crippen molar-refractivity contribution >= 4 is 5.71 Å². The second-order valence-electron chi connectivity index (χ2n) is 6.21. The average Bonchev–Trinajstić information content (AvgIpc) is 3.03. The number of quaternary nitrogens is 1. The number of rotatable bonds is 5. The fourth-order valence-corrected chi connectivity index (χ4v) is 2.88. The zero-order valence-corrected chi connectivity index (χ0v) is 13.9. The molecule has 2 aromatic carbocycles. The van der Waals surface area contributed by atoms with E-state index < -0.39 is 11.7 Å². The van der Waals surface area contributed by atoms with Crippen molar-refractivity contribution in [2.24, 2.45) is 5.16 Å². The van der Waals surface area contributed by atoms with Gasteiger partial charge < -0.3 is 10.2 Å². The molecule has 1 heterocycles. The zero-order chi connectivity index (χ0) is 17.9. The predicted molar refractivity (Wildman–Crippen MR) is 89.1 cm³/mol. The summed E-state index contributed by atoms with van der Waals surface area (Å²) in [4.78, 5) is 5.48. The van der Waals surface area contributed by atoms with Crippen LogP contribution >= 0.6 is 0 Å². The zero-order valence-electron chi connectivity index (χ0n) is 13.9. The van der Waals surface area contributed by atoms with E-state index in [9.17, 15) is 13.2 Å². The lowest BCUT2D eigenvalue weighted by molar-refractivity contribution is -0.676. The SMILES string of the molecule is Cc1ccccc1C1=NO[C@@H](C[NH2+]Cc2ccc(C(F)(F)F)cc2)C1. The van der Waals surface area contributed by atoms with Crippen LogP contribution in [0.15, 0.2) is 53.7 Å². The molecule has 1 aliphatic rings. The van der Waals surface area contributed by atoms with E-state index in [4.69, 9.17) is 4.84 Å². The van der Waals surface area contributed by atoms with Gasteiger partial charge in [0, 0.05) is 17.5 Å². The molecule has 0 saturated carbocycles. The van der Waals surface area contributed by atoms with E-state index in [-0.39, 0.29) is 6.10 Å². The van der Waals surface area contributed by atoms with Gasteiger partial charge in [-0.3, -0.25) is 0 Å². The predicted octanol–water partition coefficient (Wildman–Crippen LogP) is 3.27. The first-order valence-electron chi connectivity index (χ1n) is 8.20. The van der Waals surface area contributed by atoms with E-state index in [2.05, 4.69) is 5.16 Å². The van der Waals surface area contributed by atoms with Crippen molar-refractivity contribution in [2.45, 2.75) is 32.2 Å². The Bertz CT molecular complexity index is 754. The van der Waals surface area contributed by atoms with Crippen molar-refractivity contribution in [3.05, 3.63) is 70.8 Å². The molecule has 0 aromatic heterocycles. The van der Waals surface area contributed by atoms with Crippen LogP contribution in [0, 0.1) is 6.92 Å². The van der Waals surface area contributed by atoms with Gasteiger partial charge in [-0.25, -0.2) is 0 Å². The standard InChI is InChI=1S/C19H19F3N2O/c1-13-4-2-3-5-17(13)18-10-16(25-24-18)12-23-11-14-6-8-15(9-7-14)19(20,21)22/h2-9,16,23H,10-12H2,1H3/p+1/t16-/m1/s1. The van der Waals surface area contributed by atoms with Crippen LogP contribution in [0.5, 0.6) is 0 Å². The van der Waals surface area contributed by atoms with Gasteiger partial charge in [0.25, 0.3) is 0 Å². The van der Waals surface area contributed by atoms with Gasteiger partial charge in [-0.05, 0) is 24.6 Å². The van der Waals surface area contributed by atoms with E-state index in [0.29, 0.717) is 13.1 Å². The van der Waals surface area contributed by atoms with Crippen LogP contribution in [-0.2, 0) is 17.6 Å². The smallest absolute Gasteiger partial charge is 0.386 e. The maximum absolute atomic E-state index is 12.5. The summed E-state index contributed by atoms with van der Waals surface area (Å²) in [5.74, 6) is 0. The van der Waals surface area contributed by atoms with Gasteiger partial charge in [-0.2, -0.15) is 13.2 Å². The van der Waals surface area contributed by atoms with Crippen LogP contribution in [0.3, 0.4) is 0 Å².